The predicted molar refractivity (Wildman–Crippen MR) is 67.4 cm³/mol. The van der Waals surface area contributed by atoms with Gasteiger partial charge in [0.05, 0.1) is 6.54 Å². The van der Waals surface area contributed by atoms with Crippen LogP contribution in [-0.4, -0.2) is 37.0 Å². The number of halogens is 1. The predicted octanol–water partition coefficient (Wildman–Crippen LogP) is 0.647. The number of nitrogens with zero attached hydrogens (tertiary/aromatic N) is 1. The second-order valence-corrected chi connectivity index (χ2v) is 4.48. The van der Waals surface area contributed by atoms with Gasteiger partial charge in [-0.25, -0.2) is 4.39 Å². The normalized spacial score (nSPS) is 19.1. The molecule has 1 saturated heterocycles. The number of nitrogens with two attached hydrogens (primary N) is 1. The maximum absolute atomic E-state index is 12.9. The number of nitrogens with one attached hydrogen (secondary N) is 1. The Hall–Kier alpha value is -1.46. The Labute approximate surface area is 106 Å². The van der Waals surface area contributed by atoms with Gasteiger partial charge in [0, 0.05) is 25.7 Å². The van der Waals surface area contributed by atoms with E-state index in [0.29, 0.717) is 19.6 Å². The third-order valence-corrected chi connectivity index (χ3v) is 3.21. The van der Waals surface area contributed by atoms with Crippen molar-refractivity contribution < 1.29 is 9.18 Å². The fraction of sp³-hybridized carbons (Fsp3) is 0.462. The molecule has 5 heteroatoms. The van der Waals surface area contributed by atoms with E-state index in [0.717, 1.165) is 18.5 Å². The van der Waals surface area contributed by atoms with E-state index < -0.39 is 0 Å². The molecule has 1 aliphatic rings. The van der Waals surface area contributed by atoms with Gasteiger partial charge in [0.2, 0.25) is 5.91 Å². The van der Waals surface area contributed by atoms with Gasteiger partial charge in [-0.2, -0.15) is 0 Å². The van der Waals surface area contributed by atoms with Gasteiger partial charge in [-0.15, -0.1) is 0 Å². The fourth-order valence-corrected chi connectivity index (χ4v) is 2.28. The largest absolute Gasteiger partial charge is 0.355 e. The summed E-state index contributed by atoms with van der Waals surface area (Å²) < 4.78 is 12.9. The zero-order valence-corrected chi connectivity index (χ0v) is 10.2. The van der Waals surface area contributed by atoms with Crippen LogP contribution in [-0.2, 0) is 4.79 Å². The third kappa shape index (κ3) is 3.05. The van der Waals surface area contributed by atoms with Crippen LogP contribution in [0.2, 0.25) is 0 Å². The minimum atomic E-state index is -0.261. The molecule has 4 nitrogen and oxygen atoms in total. The van der Waals surface area contributed by atoms with Gasteiger partial charge in [-0.05, 0) is 24.1 Å². The van der Waals surface area contributed by atoms with Crippen LogP contribution in [0.15, 0.2) is 24.3 Å². The van der Waals surface area contributed by atoms with Crippen molar-refractivity contribution in [3.05, 3.63) is 35.6 Å². The second-order valence-electron chi connectivity index (χ2n) is 4.48. The summed E-state index contributed by atoms with van der Waals surface area (Å²) in [6, 6.07) is 6.28. The Morgan fingerprint density at radius 2 is 2.11 bits per heavy atom. The highest BCUT2D eigenvalue weighted by Gasteiger charge is 2.23. The van der Waals surface area contributed by atoms with E-state index in [2.05, 4.69) is 10.2 Å². The van der Waals surface area contributed by atoms with Crippen molar-refractivity contribution in [2.75, 3.05) is 26.2 Å². The first-order valence-corrected chi connectivity index (χ1v) is 6.17. The highest BCUT2D eigenvalue weighted by molar-refractivity contribution is 5.78. The molecule has 98 valence electrons. The monoisotopic (exact) mass is 251 g/mol. The van der Waals surface area contributed by atoms with Crippen molar-refractivity contribution in [1.29, 1.82) is 0 Å². The number of hydrogen-bond acceptors (Lipinski definition) is 3. The molecule has 1 fully saturated rings. The van der Waals surface area contributed by atoms with Crippen LogP contribution in [0.1, 0.15) is 18.0 Å². The first-order valence-electron chi connectivity index (χ1n) is 6.17. The molecule has 1 atom stereocenters. The molecule has 0 aliphatic carbocycles. The molecule has 1 aromatic rings. The second kappa shape index (κ2) is 5.93. The molecule has 0 aromatic heterocycles. The Kier molecular flexibility index (Phi) is 4.28. The summed E-state index contributed by atoms with van der Waals surface area (Å²) in [6.45, 7) is 2.28. The lowest BCUT2D eigenvalue weighted by atomic mass is 10.0. The third-order valence-electron chi connectivity index (χ3n) is 3.21. The maximum Gasteiger partial charge on any atom is 0.234 e. The van der Waals surface area contributed by atoms with Crippen LogP contribution in [0.4, 0.5) is 4.39 Å². The molecule has 1 unspecified atom stereocenters. The van der Waals surface area contributed by atoms with Gasteiger partial charge < -0.3 is 11.1 Å². The molecule has 1 amide bonds. The van der Waals surface area contributed by atoms with E-state index in [-0.39, 0.29) is 17.8 Å². The number of carbonyl (C=O) groups excluding carboxylic acids is 1. The standard InChI is InChI=1S/C13H18FN3O/c14-11-4-2-10(3-5-11)12(8-15)17-7-1-6-16-13(18)9-17/h2-5,12H,1,6-9,15H2,(H,16,18). The maximum atomic E-state index is 12.9. The van der Waals surface area contributed by atoms with E-state index in [4.69, 9.17) is 5.73 Å². The van der Waals surface area contributed by atoms with Crippen LogP contribution >= 0.6 is 0 Å². The molecule has 1 aliphatic heterocycles. The van der Waals surface area contributed by atoms with Gasteiger partial charge in [0.15, 0.2) is 0 Å². The Morgan fingerprint density at radius 3 is 2.78 bits per heavy atom. The van der Waals surface area contributed by atoms with Crippen molar-refractivity contribution in [3.8, 4) is 0 Å². The van der Waals surface area contributed by atoms with Crippen LogP contribution in [0.5, 0.6) is 0 Å². The molecule has 1 aromatic carbocycles. The number of rotatable bonds is 3. The molecule has 0 radical (unpaired) electrons. The van der Waals surface area contributed by atoms with E-state index in [1.54, 1.807) is 12.1 Å². The average Bonchev–Trinajstić information content (AvgIpc) is 2.57. The van der Waals surface area contributed by atoms with Crippen molar-refractivity contribution in [1.82, 2.24) is 10.2 Å². The van der Waals surface area contributed by atoms with Gasteiger partial charge in [-0.1, -0.05) is 12.1 Å². The van der Waals surface area contributed by atoms with Gasteiger partial charge in [-0.3, -0.25) is 9.69 Å². The Balaban J connectivity index is 2.16. The Morgan fingerprint density at radius 1 is 1.39 bits per heavy atom. The van der Waals surface area contributed by atoms with Crippen molar-refractivity contribution in [2.24, 2.45) is 5.73 Å². The Bertz CT molecular complexity index is 407. The van der Waals surface area contributed by atoms with Crippen molar-refractivity contribution >= 4 is 5.91 Å². The van der Waals surface area contributed by atoms with Crippen LogP contribution in [0.25, 0.3) is 0 Å². The lowest BCUT2D eigenvalue weighted by molar-refractivity contribution is -0.121. The summed E-state index contributed by atoms with van der Waals surface area (Å²) in [5, 5.41) is 2.83. The van der Waals surface area contributed by atoms with E-state index >= 15 is 0 Å². The average molecular weight is 251 g/mol. The smallest absolute Gasteiger partial charge is 0.234 e. The van der Waals surface area contributed by atoms with Gasteiger partial charge in [0.1, 0.15) is 5.82 Å². The zero-order chi connectivity index (χ0) is 13.0. The molecular weight excluding hydrogens is 233 g/mol. The van der Waals surface area contributed by atoms with Crippen LogP contribution < -0.4 is 11.1 Å². The van der Waals surface area contributed by atoms with Gasteiger partial charge in [0.25, 0.3) is 0 Å². The van der Waals surface area contributed by atoms with E-state index in [1.807, 2.05) is 0 Å². The number of carbonyl (C=O) groups is 1. The SMILES string of the molecule is NCC(c1ccc(F)cc1)N1CCCNC(=O)C1. The first kappa shape index (κ1) is 13.0. The van der Waals surface area contributed by atoms with Crippen molar-refractivity contribution in [3.63, 3.8) is 0 Å². The zero-order valence-electron chi connectivity index (χ0n) is 10.2. The fourth-order valence-electron chi connectivity index (χ4n) is 2.28. The van der Waals surface area contributed by atoms with Gasteiger partial charge >= 0.3 is 0 Å². The lowest BCUT2D eigenvalue weighted by Gasteiger charge is -2.29. The van der Waals surface area contributed by atoms with Crippen molar-refractivity contribution in [2.45, 2.75) is 12.5 Å². The quantitative estimate of drug-likeness (QED) is 0.829. The minimum Gasteiger partial charge on any atom is -0.355 e. The number of benzene rings is 1. The molecule has 0 spiro atoms. The molecule has 3 N–H and O–H groups in total. The number of hydrogen-bond donors (Lipinski definition) is 2. The molecule has 0 saturated carbocycles. The van der Waals surface area contributed by atoms with E-state index in [1.165, 1.54) is 12.1 Å². The number of amides is 1. The lowest BCUT2D eigenvalue weighted by Crippen LogP contribution is -2.38. The van der Waals surface area contributed by atoms with E-state index in [9.17, 15) is 9.18 Å². The molecular formula is C13H18FN3O. The molecule has 2 rings (SSSR count). The summed E-state index contributed by atoms with van der Waals surface area (Å²) in [5.41, 5.74) is 6.76. The highest BCUT2D eigenvalue weighted by atomic mass is 19.1. The molecule has 1 heterocycles. The minimum absolute atomic E-state index is 0.0214. The summed E-state index contributed by atoms with van der Waals surface area (Å²) >= 11 is 0. The highest BCUT2D eigenvalue weighted by Crippen LogP contribution is 2.20. The summed E-state index contributed by atoms with van der Waals surface area (Å²) in [4.78, 5) is 13.6. The summed E-state index contributed by atoms with van der Waals surface area (Å²) in [6.07, 6.45) is 0.906. The summed E-state index contributed by atoms with van der Waals surface area (Å²) in [5.74, 6) is -0.240. The topological polar surface area (TPSA) is 58.4 Å². The van der Waals surface area contributed by atoms with Crippen LogP contribution in [0.3, 0.4) is 0 Å². The first-order chi connectivity index (χ1) is 8.70. The molecule has 0 bridgehead atoms. The summed E-state index contributed by atoms with van der Waals surface area (Å²) in [7, 11) is 0. The van der Waals surface area contributed by atoms with Crippen LogP contribution in [0, 0.1) is 5.82 Å². The molecule has 18 heavy (non-hydrogen) atoms.